The number of hydrogen-bond acceptors (Lipinski definition) is 0. The second kappa shape index (κ2) is 4.68. The molecule has 0 fully saturated rings. The first kappa shape index (κ1) is 11.6. The largest absolute Gasteiger partial charge is 0 e. The zero-order valence-corrected chi connectivity index (χ0v) is 11.8. The van der Waals surface area contributed by atoms with Crippen molar-refractivity contribution in [2.24, 2.45) is 0 Å². The fourth-order valence-electron chi connectivity index (χ4n) is 0. The molecule has 0 saturated heterocycles. The first-order valence-corrected chi connectivity index (χ1v) is 15.2. The van der Waals surface area contributed by atoms with Crippen molar-refractivity contribution in [3.05, 3.63) is 0 Å². The topological polar surface area (TPSA) is 0 Å². The third kappa shape index (κ3) is 29.0. The predicted octanol–water partition coefficient (Wildman–Crippen LogP) is 2.00. The molecule has 35 valence electrons. The normalized spacial score (nSPS) is 10.0. The minimum atomic E-state index is -3.29. The van der Waals surface area contributed by atoms with Gasteiger partial charge in [-0.2, -0.15) is 0 Å². The number of rotatable bonds is 0. The van der Waals surface area contributed by atoms with Crippen LogP contribution in [0.25, 0.3) is 0 Å². The van der Waals surface area contributed by atoms with Crippen molar-refractivity contribution in [2.75, 3.05) is 0 Å². The van der Waals surface area contributed by atoms with Gasteiger partial charge in [0, 0.05) is 25.8 Å². The molecular formula is Cl4InSn. The maximum Gasteiger partial charge on any atom is 0 e. The summed E-state index contributed by atoms with van der Waals surface area (Å²) < 4.78 is 0. The summed E-state index contributed by atoms with van der Waals surface area (Å²) in [6.07, 6.45) is 0. The summed E-state index contributed by atoms with van der Waals surface area (Å²) in [4.78, 5) is 0. The Balaban J connectivity index is 0. The molecule has 3 radical (unpaired) electrons. The third-order valence-corrected chi connectivity index (χ3v) is 0. The molecule has 0 aliphatic rings. The van der Waals surface area contributed by atoms with E-state index in [0.29, 0.717) is 0 Å². The van der Waals surface area contributed by atoms with Crippen LogP contribution < -0.4 is 0 Å². The zero-order valence-electron chi connectivity index (χ0n) is 2.59. The van der Waals surface area contributed by atoms with Crippen LogP contribution in [0.2, 0.25) is 0 Å². The molecule has 6 heteroatoms. The van der Waals surface area contributed by atoms with E-state index >= 15 is 0 Å². The molecular weight excluding hydrogens is 375 g/mol. The van der Waals surface area contributed by atoms with E-state index in [1.165, 1.54) is 0 Å². The average molecular weight is 375 g/mol. The molecule has 0 aromatic carbocycles. The molecule has 0 N–H and O–H groups in total. The first-order chi connectivity index (χ1) is 2.00. The third-order valence-electron chi connectivity index (χ3n) is 0. The smallest absolute Gasteiger partial charge is 0 e. The van der Waals surface area contributed by atoms with E-state index in [-0.39, 0.29) is 25.8 Å². The molecule has 0 aromatic heterocycles. The van der Waals surface area contributed by atoms with Crippen LogP contribution in [0.3, 0.4) is 0 Å². The summed E-state index contributed by atoms with van der Waals surface area (Å²) in [5.41, 5.74) is 0. The molecule has 0 aliphatic carbocycles. The Morgan fingerprint density at radius 3 is 0.833 bits per heavy atom. The molecule has 0 nitrogen and oxygen atoms in total. The quantitative estimate of drug-likeness (QED) is 0.569. The van der Waals surface area contributed by atoms with Crippen molar-refractivity contribution < 1.29 is 0 Å². The Labute approximate surface area is 74.0 Å². The van der Waals surface area contributed by atoms with Crippen molar-refractivity contribution in [2.45, 2.75) is 0 Å². The standard InChI is InChI=1S/4ClH.In.Sn/h4*1H;;/q;;;;;+4/p-4. The van der Waals surface area contributed by atoms with Gasteiger partial charge in [0.25, 0.3) is 0 Å². The summed E-state index contributed by atoms with van der Waals surface area (Å²) in [5.74, 6) is 0. The monoisotopic (exact) mass is 375 g/mol. The molecule has 0 unspecified atom stereocenters. The molecule has 6 heavy (non-hydrogen) atoms. The van der Waals surface area contributed by atoms with Crippen LogP contribution in [0, 0.1) is 0 Å². The van der Waals surface area contributed by atoms with E-state index in [2.05, 4.69) is 0 Å². The minimum absolute atomic E-state index is 0. The minimum Gasteiger partial charge on any atom is 0 e. The Bertz CT molecular complexity index is 23.0. The van der Waals surface area contributed by atoms with Crippen LogP contribution in [-0.4, -0.2) is 39.7 Å². The predicted molar refractivity (Wildman–Crippen MR) is 34.9 cm³/mol. The van der Waals surface area contributed by atoms with Gasteiger partial charge in [-0.3, -0.25) is 0 Å². The summed E-state index contributed by atoms with van der Waals surface area (Å²) in [7, 11) is 20.1. The van der Waals surface area contributed by atoms with E-state index in [0.717, 1.165) is 0 Å². The fourth-order valence-corrected chi connectivity index (χ4v) is 0. The van der Waals surface area contributed by atoms with Gasteiger partial charge in [0.15, 0.2) is 0 Å². The van der Waals surface area contributed by atoms with E-state index in [4.69, 9.17) is 35.7 Å². The molecule has 0 aliphatic heterocycles. The van der Waals surface area contributed by atoms with Gasteiger partial charge in [-0.25, -0.2) is 0 Å². The molecule has 0 saturated carbocycles. The van der Waals surface area contributed by atoms with Crippen LogP contribution in [-0.2, 0) is 0 Å². The van der Waals surface area contributed by atoms with Gasteiger partial charge in [-0.1, -0.05) is 0 Å². The summed E-state index contributed by atoms with van der Waals surface area (Å²) in [5, 5.41) is 0. The van der Waals surface area contributed by atoms with E-state index in [9.17, 15) is 0 Å². The van der Waals surface area contributed by atoms with Crippen LogP contribution in [0.4, 0.5) is 0 Å². The second-order valence-corrected chi connectivity index (χ2v) is 25.9. The average Bonchev–Trinajstić information content (AvgIpc) is 0.722. The molecule has 0 aromatic rings. The van der Waals surface area contributed by atoms with Gasteiger partial charge in [0.2, 0.25) is 0 Å². The van der Waals surface area contributed by atoms with Crippen LogP contribution in [0.1, 0.15) is 0 Å². The van der Waals surface area contributed by atoms with Crippen molar-refractivity contribution in [3.63, 3.8) is 0 Å². The second-order valence-electron chi connectivity index (χ2n) is 0.429. The summed E-state index contributed by atoms with van der Waals surface area (Å²) in [6.45, 7) is 0. The molecule has 0 spiro atoms. The Kier molecular flexibility index (Phi) is 9.06. The van der Waals surface area contributed by atoms with Crippen LogP contribution in [0.5, 0.6) is 0 Å². The number of halogens is 4. The maximum absolute atomic E-state index is 5.04. The zero-order chi connectivity index (χ0) is 4.50. The molecule has 0 bridgehead atoms. The maximum atomic E-state index is 5.04. The van der Waals surface area contributed by atoms with Crippen molar-refractivity contribution in [3.8, 4) is 0 Å². The Morgan fingerprint density at radius 1 is 0.833 bits per heavy atom. The molecule has 0 rings (SSSR count). The van der Waals surface area contributed by atoms with E-state index in [1.54, 1.807) is 0 Å². The Hall–Kier alpha value is 2.83. The van der Waals surface area contributed by atoms with Crippen molar-refractivity contribution in [1.82, 2.24) is 0 Å². The number of hydrogen-bond donors (Lipinski definition) is 0. The molecule has 0 atom stereocenters. The SMILES string of the molecule is [Cl][Sn]([Cl])([Cl])[Cl].[In]. The summed E-state index contributed by atoms with van der Waals surface area (Å²) >= 11 is -3.29. The summed E-state index contributed by atoms with van der Waals surface area (Å²) in [6, 6.07) is 0. The van der Waals surface area contributed by atoms with Gasteiger partial charge >= 0.3 is 49.6 Å². The molecule has 0 heterocycles. The van der Waals surface area contributed by atoms with E-state index in [1.807, 2.05) is 0 Å². The van der Waals surface area contributed by atoms with Crippen molar-refractivity contribution in [1.29, 1.82) is 0 Å². The van der Waals surface area contributed by atoms with Gasteiger partial charge in [-0.15, -0.1) is 0 Å². The van der Waals surface area contributed by atoms with Gasteiger partial charge < -0.3 is 0 Å². The van der Waals surface area contributed by atoms with Gasteiger partial charge in [0.05, 0.1) is 0 Å². The van der Waals surface area contributed by atoms with E-state index < -0.39 is 13.9 Å². The van der Waals surface area contributed by atoms with Crippen LogP contribution in [0.15, 0.2) is 0 Å². The van der Waals surface area contributed by atoms with Gasteiger partial charge in [-0.05, 0) is 0 Å². The Morgan fingerprint density at radius 2 is 0.833 bits per heavy atom. The molecule has 0 amide bonds. The van der Waals surface area contributed by atoms with Crippen LogP contribution >= 0.6 is 35.7 Å². The van der Waals surface area contributed by atoms with Gasteiger partial charge in [0.1, 0.15) is 0 Å². The fraction of sp³-hybridized carbons (Fsp3) is 0. The van der Waals surface area contributed by atoms with Crippen molar-refractivity contribution >= 4 is 75.4 Å². The first-order valence-electron chi connectivity index (χ1n) is 0.756.